The minimum Gasteiger partial charge on any atom is -0.748 e. The summed E-state index contributed by atoms with van der Waals surface area (Å²) in [6, 6.07) is 20.0. The summed E-state index contributed by atoms with van der Waals surface area (Å²) in [7, 11) is -4.86. The van der Waals surface area contributed by atoms with Crippen LogP contribution in [0.2, 0.25) is 0 Å². The van der Waals surface area contributed by atoms with Crippen LogP contribution in [0.1, 0.15) is 97.6 Å². The second kappa shape index (κ2) is 17.0. The van der Waals surface area contributed by atoms with Crippen LogP contribution in [0.4, 0.5) is 0 Å². The molecule has 7 N–H and O–H groups in total. The predicted octanol–water partition coefficient (Wildman–Crippen LogP) is 2.03. The van der Waals surface area contributed by atoms with E-state index in [1.165, 1.54) is 0 Å². The number of guanidine groups is 1. The normalized spacial score (nSPS) is 29.6. The standard InChI is InChI=1S/C42H49N3O8S.Na/c1-2-25-23-38(54(49,50)51)36-21-31-19-30(22-37-29(24-47)6-3-5-28-20-33(48)13-16-35(28)40(31)52-37)39(36)27-7-11-32(12-8-27)42(17-4-18-46,45-41(43)44)53-34-14-9-26(25)10-15-34;/h7-16,20-21,25,29-30,36-40,46-48H,2,4,6,17-19,22-24H2,1H3,(H4,43,44,45)(H,49,50,51);/q;+1/p-1/t25-,29+,30+,36-,37+,38-,39+,40-,42+;/m1./s1. The largest absolute Gasteiger partial charge is 1.00 e. The summed E-state index contributed by atoms with van der Waals surface area (Å²) in [5, 5.41) is 29.6. The first-order valence-electron chi connectivity index (χ1n) is 18.8. The van der Waals surface area contributed by atoms with E-state index in [2.05, 4.69) is 16.8 Å². The molecule has 6 aliphatic heterocycles. The Labute approximate surface area is 345 Å². The van der Waals surface area contributed by atoms with Crippen LogP contribution in [-0.4, -0.2) is 58.8 Å². The van der Waals surface area contributed by atoms with Crippen LogP contribution < -0.4 is 45.8 Å². The summed E-state index contributed by atoms with van der Waals surface area (Å²) in [6.45, 7) is 1.72. The van der Waals surface area contributed by atoms with Gasteiger partial charge in [0.2, 0.25) is 5.72 Å². The second-order valence-corrected chi connectivity index (χ2v) is 16.7. The third-order valence-corrected chi connectivity index (χ3v) is 13.1. The zero-order valence-electron chi connectivity index (χ0n) is 31.3. The zero-order chi connectivity index (χ0) is 38.2. The molecule has 0 aromatic heterocycles. The number of allylic oxidation sites excluding steroid dienone is 1. The monoisotopic (exact) mass is 777 g/mol. The first-order chi connectivity index (χ1) is 25.9. The number of aliphatic hydroxyl groups is 2. The SMILES string of the molecule is CC[C@@H]1C[C@@H](S(=O)(=O)[O-])[C@H]2C=C3C[C@@H](C[C@@H]4O[C@H]3c3ccc(O)cc3C#CC[C@H]4CO)[C@@H]2c2ccc(cc2)[C@@](CCCO)(N=C(N)N)Oc2ccc1cc2.[Na+]. The molecule has 10 rings (SSSR count). The van der Waals surface area contributed by atoms with Crippen molar-refractivity contribution in [1.82, 2.24) is 0 Å². The molecule has 0 radical (unpaired) electrons. The van der Waals surface area contributed by atoms with Gasteiger partial charge in [0, 0.05) is 48.7 Å². The van der Waals surface area contributed by atoms with Crippen LogP contribution in [0.15, 0.2) is 83.4 Å². The summed E-state index contributed by atoms with van der Waals surface area (Å²) in [6.07, 6.45) is 3.67. The Balaban J connectivity index is 0.00000514. The van der Waals surface area contributed by atoms with Crippen molar-refractivity contribution >= 4 is 16.1 Å². The number of aliphatic imine (C=N–C) groups is 1. The number of aliphatic hydroxyl groups excluding tert-OH is 2. The molecule has 1 fully saturated rings. The number of rotatable bonds is 7. The summed E-state index contributed by atoms with van der Waals surface area (Å²) < 4.78 is 54.5. The molecule has 0 amide bonds. The summed E-state index contributed by atoms with van der Waals surface area (Å²) in [5.74, 6) is 4.88. The van der Waals surface area contributed by atoms with Crippen LogP contribution in [0.3, 0.4) is 0 Å². The van der Waals surface area contributed by atoms with E-state index in [-0.39, 0.29) is 85.1 Å². The summed E-state index contributed by atoms with van der Waals surface area (Å²) >= 11 is 0. The van der Waals surface area contributed by atoms with Gasteiger partial charge in [-0.05, 0) is 96.7 Å². The molecule has 3 aromatic carbocycles. The van der Waals surface area contributed by atoms with E-state index in [4.69, 9.17) is 20.9 Å². The number of aromatic hydroxyl groups is 1. The Morgan fingerprint density at radius 1 is 1.04 bits per heavy atom. The molecule has 8 bridgehead atoms. The number of hydrogen-bond acceptors (Lipinski definition) is 9. The van der Waals surface area contributed by atoms with Crippen molar-refractivity contribution in [2.24, 2.45) is 34.2 Å². The van der Waals surface area contributed by atoms with E-state index in [0.29, 0.717) is 49.0 Å². The molecule has 1 aliphatic carbocycles. The minimum absolute atomic E-state index is 0. The maximum atomic E-state index is 13.6. The third kappa shape index (κ3) is 8.50. The fourth-order valence-electron chi connectivity index (χ4n) is 9.26. The molecule has 0 spiro atoms. The fourth-order valence-corrected chi connectivity index (χ4v) is 10.4. The van der Waals surface area contributed by atoms with Gasteiger partial charge in [0.05, 0.1) is 21.5 Å². The van der Waals surface area contributed by atoms with Gasteiger partial charge in [-0.3, -0.25) is 0 Å². The van der Waals surface area contributed by atoms with Gasteiger partial charge in [0.1, 0.15) is 17.6 Å². The molecule has 55 heavy (non-hydrogen) atoms. The van der Waals surface area contributed by atoms with E-state index < -0.39 is 45.1 Å². The van der Waals surface area contributed by atoms with E-state index in [1.807, 2.05) is 49.4 Å². The van der Waals surface area contributed by atoms with Crippen LogP contribution in [0.25, 0.3) is 0 Å². The maximum absolute atomic E-state index is 13.6. The Morgan fingerprint density at radius 3 is 2.42 bits per heavy atom. The van der Waals surface area contributed by atoms with Crippen LogP contribution >= 0.6 is 0 Å². The topological polar surface area (TPSA) is 201 Å². The molecule has 7 aliphatic rings. The van der Waals surface area contributed by atoms with Crippen molar-refractivity contribution in [2.75, 3.05) is 13.2 Å². The summed E-state index contributed by atoms with van der Waals surface area (Å²) in [5.41, 5.74) is 15.2. The average Bonchev–Trinajstić information content (AvgIpc) is 3.23. The Kier molecular flexibility index (Phi) is 12.8. The Morgan fingerprint density at radius 2 is 1.76 bits per heavy atom. The average molecular weight is 778 g/mol. The van der Waals surface area contributed by atoms with Crippen molar-refractivity contribution in [3.8, 4) is 23.3 Å². The molecule has 3 aromatic rings. The number of phenolic OH excluding ortho intramolecular Hbond substituents is 1. The van der Waals surface area contributed by atoms with Gasteiger partial charge in [0.25, 0.3) is 0 Å². The summed E-state index contributed by atoms with van der Waals surface area (Å²) in [4.78, 5) is 4.61. The van der Waals surface area contributed by atoms with Gasteiger partial charge in [-0.15, -0.1) is 0 Å². The van der Waals surface area contributed by atoms with Gasteiger partial charge < -0.3 is 40.8 Å². The smallest absolute Gasteiger partial charge is 0.748 e. The van der Waals surface area contributed by atoms with E-state index in [1.54, 1.807) is 30.3 Å². The van der Waals surface area contributed by atoms with Gasteiger partial charge in [-0.1, -0.05) is 67.3 Å². The molecule has 11 nitrogen and oxygen atoms in total. The number of benzene rings is 3. The quantitative estimate of drug-likeness (QED) is 0.0591. The molecule has 13 heteroatoms. The minimum atomic E-state index is -4.86. The van der Waals surface area contributed by atoms with Gasteiger partial charge in [0.15, 0.2) is 5.96 Å². The van der Waals surface area contributed by atoms with Crippen LogP contribution in [0.5, 0.6) is 11.5 Å². The zero-order valence-corrected chi connectivity index (χ0v) is 34.1. The molecule has 0 unspecified atom stereocenters. The fraction of sp³-hybridized carbons (Fsp3) is 0.452. The molecule has 286 valence electrons. The molecule has 6 heterocycles. The van der Waals surface area contributed by atoms with Crippen LogP contribution in [-0.2, 0) is 20.6 Å². The predicted molar refractivity (Wildman–Crippen MR) is 203 cm³/mol. The van der Waals surface area contributed by atoms with Crippen molar-refractivity contribution < 1.29 is 67.3 Å². The van der Waals surface area contributed by atoms with Gasteiger partial charge in [-0.2, -0.15) is 0 Å². The van der Waals surface area contributed by atoms with Gasteiger partial charge >= 0.3 is 29.6 Å². The second-order valence-electron chi connectivity index (χ2n) is 15.1. The van der Waals surface area contributed by atoms with Crippen LogP contribution in [0, 0.1) is 29.6 Å². The first-order valence-corrected chi connectivity index (χ1v) is 20.2. The number of nitrogens with two attached hydrogens (primary N) is 2. The number of ether oxygens (including phenoxy) is 2. The molecular weight excluding hydrogens is 730 g/mol. The Bertz CT molecular complexity index is 2080. The molecule has 9 atom stereocenters. The number of phenols is 1. The molecule has 1 saturated heterocycles. The van der Waals surface area contributed by atoms with E-state index in [9.17, 15) is 28.3 Å². The number of hydrogen-bond donors (Lipinski definition) is 5. The van der Waals surface area contributed by atoms with Crippen molar-refractivity contribution in [3.05, 3.63) is 106 Å². The molecule has 0 saturated carbocycles. The van der Waals surface area contributed by atoms with Crippen molar-refractivity contribution in [1.29, 1.82) is 0 Å². The third-order valence-electron chi connectivity index (χ3n) is 11.9. The maximum Gasteiger partial charge on any atom is 1.00 e. The number of nitrogens with zero attached hydrogens (tertiary/aromatic N) is 1. The van der Waals surface area contributed by atoms with Crippen molar-refractivity contribution in [3.63, 3.8) is 0 Å². The van der Waals surface area contributed by atoms with E-state index in [0.717, 1.165) is 22.3 Å². The van der Waals surface area contributed by atoms with Crippen molar-refractivity contribution in [2.45, 2.75) is 86.9 Å². The van der Waals surface area contributed by atoms with E-state index >= 15 is 0 Å². The Hall–Kier alpha value is -3.38. The molecular formula is C42H48N3NaO8S. The van der Waals surface area contributed by atoms with Gasteiger partial charge in [-0.25, -0.2) is 13.4 Å². The first kappa shape index (κ1) is 41.3. The number of fused-ring (bicyclic) bond motifs is 7.